The van der Waals surface area contributed by atoms with E-state index in [4.69, 9.17) is 9.47 Å². The number of hydrogen-bond donors (Lipinski definition) is 0. The molecule has 1 aliphatic rings. The normalized spacial score (nSPS) is 16.6. The third-order valence-electron chi connectivity index (χ3n) is 4.70. The van der Waals surface area contributed by atoms with Crippen molar-refractivity contribution in [2.45, 2.75) is 32.2 Å². The van der Waals surface area contributed by atoms with Gasteiger partial charge in [-0.1, -0.05) is 30.7 Å². The summed E-state index contributed by atoms with van der Waals surface area (Å²) in [7, 11) is 3.15. The topological polar surface area (TPSA) is 47.5 Å². The fourth-order valence-electron chi connectivity index (χ4n) is 3.20. The molecule has 24 heavy (non-hydrogen) atoms. The SMILES string of the molecule is COc1cc(-c2ccc([C@H](C)N3CCCCC3)cc2)nc(OC)n1. The minimum Gasteiger partial charge on any atom is -0.481 e. The Labute approximate surface area is 143 Å². The first kappa shape index (κ1) is 16.7. The molecule has 0 bridgehead atoms. The summed E-state index contributed by atoms with van der Waals surface area (Å²) >= 11 is 0. The smallest absolute Gasteiger partial charge is 0.320 e. The van der Waals surface area contributed by atoms with Crippen LogP contribution < -0.4 is 9.47 Å². The Bertz CT molecular complexity index is 645. The van der Waals surface area contributed by atoms with E-state index < -0.39 is 0 Å². The molecule has 1 aromatic carbocycles. The minimum atomic E-state index is 0.315. The Balaban J connectivity index is 1.81. The number of ether oxygens (including phenoxy) is 2. The molecule has 3 rings (SSSR count). The third-order valence-corrected chi connectivity index (χ3v) is 4.70. The maximum absolute atomic E-state index is 5.22. The van der Waals surface area contributed by atoms with Crippen molar-refractivity contribution in [3.8, 4) is 23.1 Å². The van der Waals surface area contributed by atoms with Gasteiger partial charge in [0.2, 0.25) is 5.88 Å². The molecule has 0 unspecified atom stereocenters. The molecule has 1 saturated heterocycles. The van der Waals surface area contributed by atoms with Gasteiger partial charge in [0.15, 0.2) is 0 Å². The van der Waals surface area contributed by atoms with Crippen LogP contribution in [0, 0.1) is 0 Å². The van der Waals surface area contributed by atoms with E-state index in [-0.39, 0.29) is 0 Å². The lowest BCUT2D eigenvalue weighted by molar-refractivity contribution is 0.175. The first-order chi connectivity index (χ1) is 11.7. The van der Waals surface area contributed by atoms with Gasteiger partial charge in [-0.2, -0.15) is 9.97 Å². The monoisotopic (exact) mass is 327 g/mol. The van der Waals surface area contributed by atoms with Crippen molar-refractivity contribution >= 4 is 0 Å². The fraction of sp³-hybridized carbons (Fsp3) is 0.474. The molecule has 2 heterocycles. The maximum Gasteiger partial charge on any atom is 0.320 e. The predicted octanol–water partition coefficient (Wildman–Crippen LogP) is 3.71. The number of hydrogen-bond acceptors (Lipinski definition) is 5. The van der Waals surface area contributed by atoms with Crippen LogP contribution in [0.15, 0.2) is 30.3 Å². The molecule has 1 fully saturated rings. The summed E-state index contributed by atoms with van der Waals surface area (Å²) < 4.78 is 10.4. The van der Waals surface area contributed by atoms with Gasteiger partial charge < -0.3 is 9.47 Å². The average molecular weight is 327 g/mol. The second kappa shape index (κ2) is 7.62. The highest BCUT2D eigenvalue weighted by Crippen LogP contribution is 2.28. The van der Waals surface area contributed by atoms with E-state index in [9.17, 15) is 0 Å². The van der Waals surface area contributed by atoms with Crippen molar-refractivity contribution in [1.82, 2.24) is 14.9 Å². The van der Waals surface area contributed by atoms with Crippen molar-refractivity contribution in [2.75, 3.05) is 27.3 Å². The minimum absolute atomic E-state index is 0.315. The molecule has 0 spiro atoms. The number of likely N-dealkylation sites (tertiary alicyclic amines) is 1. The van der Waals surface area contributed by atoms with Crippen LogP contribution in [0.3, 0.4) is 0 Å². The number of piperidine rings is 1. The number of benzene rings is 1. The first-order valence-electron chi connectivity index (χ1n) is 8.52. The Morgan fingerprint density at radius 1 is 0.958 bits per heavy atom. The van der Waals surface area contributed by atoms with Crippen LogP contribution in [0.1, 0.15) is 37.8 Å². The maximum atomic E-state index is 5.22. The van der Waals surface area contributed by atoms with E-state index in [0.717, 1.165) is 11.3 Å². The summed E-state index contributed by atoms with van der Waals surface area (Å²) in [4.78, 5) is 11.1. The largest absolute Gasteiger partial charge is 0.481 e. The van der Waals surface area contributed by atoms with E-state index in [2.05, 4.69) is 46.1 Å². The lowest BCUT2D eigenvalue weighted by atomic mass is 10.0. The third kappa shape index (κ3) is 3.67. The van der Waals surface area contributed by atoms with Crippen molar-refractivity contribution in [2.24, 2.45) is 0 Å². The molecule has 1 aliphatic heterocycles. The standard InChI is InChI=1S/C19H25N3O2/c1-14(22-11-5-4-6-12-22)15-7-9-16(10-8-15)17-13-18(23-2)21-19(20-17)24-3/h7-10,13-14H,4-6,11-12H2,1-3H3/t14-/m0/s1. The molecule has 0 amide bonds. The fourth-order valence-corrected chi connectivity index (χ4v) is 3.20. The number of nitrogens with zero attached hydrogens (tertiary/aromatic N) is 3. The van der Waals surface area contributed by atoms with Crippen molar-refractivity contribution in [1.29, 1.82) is 0 Å². The predicted molar refractivity (Wildman–Crippen MR) is 94.4 cm³/mol. The van der Waals surface area contributed by atoms with Gasteiger partial charge in [0.05, 0.1) is 19.9 Å². The summed E-state index contributed by atoms with van der Waals surface area (Å²) in [5, 5.41) is 0. The summed E-state index contributed by atoms with van der Waals surface area (Å²) in [5.41, 5.74) is 3.17. The number of rotatable bonds is 5. The van der Waals surface area contributed by atoms with E-state index in [0.29, 0.717) is 17.9 Å². The van der Waals surface area contributed by atoms with Crippen molar-refractivity contribution in [3.63, 3.8) is 0 Å². The van der Waals surface area contributed by atoms with E-state index in [1.54, 1.807) is 14.2 Å². The highest BCUT2D eigenvalue weighted by atomic mass is 16.5. The second-order valence-corrected chi connectivity index (χ2v) is 6.18. The van der Waals surface area contributed by atoms with E-state index in [1.807, 2.05) is 6.07 Å². The number of methoxy groups -OCH3 is 2. The Hall–Kier alpha value is -2.14. The van der Waals surface area contributed by atoms with Gasteiger partial charge in [0, 0.05) is 17.7 Å². The second-order valence-electron chi connectivity index (χ2n) is 6.18. The Morgan fingerprint density at radius 2 is 1.67 bits per heavy atom. The zero-order chi connectivity index (χ0) is 16.9. The first-order valence-corrected chi connectivity index (χ1v) is 8.52. The molecule has 5 heteroatoms. The van der Waals surface area contributed by atoms with Gasteiger partial charge in [-0.25, -0.2) is 0 Å². The van der Waals surface area contributed by atoms with E-state index in [1.165, 1.54) is 37.9 Å². The van der Waals surface area contributed by atoms with E-state index >= 15 is 0 Å². The Morgan fingerprint density at radius 3 is 2.29 bits per heavy atom. The molecular weight excluding hydrogens is 302 g/mol. The van der Waals surface area contributed by atoms with Gasteiger partial charge in [-0.3, -0.25) is 4.90 Å². The molecule has 0 N–H and O–H groups in total. The summed E-state index contributed by atoms with van der Waals surface area (Å²) in [6.45, 7) is 4.68. The van der Waals surface area contributed by atoms with Crippen LogP contribution in [0.5, 0.6) is 11.9 Å². The van der Waals surface area contributed by atoms with Gasteiger partial charge in [0.25, 0.3) is 0 Å². The molecule has 0 saturated carbocycles. The van der Waals surface area contributed by atoms with Crippen LogP contribution in [0.4, 0.5) is 0 Å². The van der Waals surface area contributed by atoms with Crippen molar-refractivity contribution in [3.05, 3.63) is 35.9 Å². The summed E-state index contributed by atoms with van der Waals surface area (Å²) in [6, 6.07) is 11.2. The van der Waals surface area contributed by atoms with Crippen molar-refractivity contribution < 1.29 is 9.47 Å². The molecule has 0 radical (unpaired) electrons. The van der Waals surface area contributed by atoms with Gasteiger partial charge in [0.1, 0.15) is 0 Å². The summed E-state index contributed by atoms with van der Waals surface area (Å²) in [6.07, 6.45) is 3.98. The van der Waals surface area contributed by atoms with Crippen LogP contribution in [0.2, 0.25) is 0 Å². The van der Waals surface area contributed by atoms with Crippen LogP contribution in [-0.4, -0.2) is 42.2 Å². The molecule has 5 nitrogen and oxygen atoms in total. The highest BCUT2D eigenvalue weighted by Gasteiger charge is 2.18. The van der Waals surface area contributed by atoms with Crippen LogP contribution >= 0.6 is 0 Å². The molecule has 1 atom stereocenters. The lowest BCUT2D eigenvalue weighted by Gasteiger charge is -2.32. The average Bonchev–Trinajstić information content (AvgIpc) is 2.67. The lowest BCUT2D eigenvalue weighted by Crippen LogP contribution is -2.32. The quantitative estimate of drug-likeness (QED) is 0.838. The Kier molecular flexibility index (Phi) is 5.30. The molecule has 128 valence electrons. The van der Waals surface area contributed by atoms with Crippen LogP contribution in [-0.2, 0) is 0 Å². The van der Waals surface area contributed by atoms with Gasteiger partial charge in [-0.15, -0.1) is 0 Å². The van der Waals surface area contributed by atoms with Gasteiger partial charge in [-0.05, 0) is 38.4 Å². The zero-order valence-electron chi connectivity index (χ0n) is 14.7. The molecule has 1 aromatic heterocycles. The molecular formula is C19H25N3O2. The molecule has 0 aliphatic carbocycles. The zero-order valence-corrected chi connectivity index (χ0v) is 14.7. The highest BCUT2D eigenvalue weighted by molar-refractivity contribution is 5.61. The van der Waals surface area contributed by atoms with Crippen LogP contribution in [0.25, 0.3) is 11.3 Å². The summed E-state index contributed by atoms with van der Waals surface area (Å²) in [5.74, 6) is 0.502. The van der Waals surface area contributed by atoms with Gasteiger partial charge >= 0.3 is 6.01 Å². The number of aromatic nitrogens is 2. The molecule has 2 aromatic rings.